The second kappa shape index (κ2) is 9.17. The van der Waals surface area contributed by atoms with Crippen molar-refractivity contribution < 1.29 is 0 Å². The van der Waals surface area contributed by atoms with Crippen LogP contribution in [0.25, 0.3) is 22.3 Å². The quantitative estimate of drug-likeness (QED) is 0.304. The molecular formula is C32H34. The molecule has 0 unspecified atom stereocenters. The summed E-state index contributed by atoms with van der Waals surface area (Å²) in [5.41, 5.74) is 16.3. The van der Waals surface area contributed by atoms with Crippen molar-refractivity contribution in [3.05, 3.63) is 117 Å². The molecule has 0 fully saturated rings. The van der Waals surface area contributed by atoms with Gasteiger partial charge in [0, 0.05) is 0 Å². The first-order chi connectivity index (χ1) is 15.3. The van der Waals surface area contributed by atoms with Crippen molar-refractivity contribution in [2.45, 2.75) is 54.4 Å². The predicted octanol–water partition coefficient (Wildman–Crippen LogP) is 8.66. The Hall–Kier alpha value is -3.12. The van der Waals surface area contributed by atoms with Gasteiger partial charge in [0.2, 0.25) is 0 Å². The normalized spacial score (nSPS) is 11.1. The van der Waals surface area contributed by atoms with Crippen molar-refractivity contribution in [3.63, 3.8) is 0 Å². The fourth-order valence-corrected chi connectivity index (χ4v) is 4.66. The second-order valence-electron chi connectivity index (χ2n) is 9.41. The summed E-state index contributed by atoms with van der Waals surface area (Å²) in [4.78, 5) is 0. The second-order valence-corrected chi connectivity index (χ2v) is 9.41. The monoisotopic (exact) mass is 418 g/mol. The maximum atomic E-state index is 2.37. The number of benzene rings is 4. The molecule has 0 saturated carbocycles. The molecule has 0 aliphatic heterocycles. The molecule has 0 aromatic heterocycles. The fraction of sp³-hybridized carbons (Fsp3) is 0.250. The molecule has 4 aromatic rings. The summed E-state index contributed by atoms with van der Waals surface area (Å²) in [6.07, 6.45) is 2.14. The highest BCUT2D eigenvalue weighted by Crippen LogP contribution is 2.29. The van der Waals surface area contributed by atoms with Gasteiger partial charge in [-0.05, 0) is 116 Å². The van der Waals surface area contributed by atoms with Crippen molar-refractivity contribution in [2.75, 3.05) is 0 Å². The highest BCUT2D eigenvalue weighted by Gasteiger charge is 2.08. The van der Waals surface area contributed by atoms with Gasteiger partial charge in [0.15, 0.2) is 0 Å². The molecule has 0 aliphatic rings. The number of rotatable bonds is 5. The Bertz CT molecular complexity index is 1270. The summed E-state index contributed by atoms with van der Waals surface area (Å²) in [7, 11) is 0. The summed E-state index contributed by atoms with van der Waals surface area (Å²) < 4.78 is 0. The van der Waals surface area contributed by atoms with E-state index in [-0.39, 0.29) is 0 Å². The maximum absolute atomic E-state index is 2.37. The van der Waals surface area contributed by atoms with Gasteiger partial charge in [-0.3, -0.25) is 0 Å². The summed E-state index contributed by atoms with van der Waals surface area (Å²) >= 11 is 0. The number of hydrogen-bond acceptors (Lipinski definition) is 0. The van der Waals surface area contributed by atoms with E-state index in [2.05, 4.69) is 114 Å². The van der Waals surface area contributed by atoms with Gasteiger partial charge in [0.05, 0.1) is 0 Å². The van der Waals surface area contributed by atoms with E-state index >= 15 is 0 Å². The van der Waals surface area contributed by atoms with Crippen molar-refractivity contribution in [3.8, 4) is 22.3 Å². The van der Waals surface area contributed by atoms with Crippen LogP contribution in [0.1, 0.15) is 44.5 Å². The molecule has 4 rings (SSSR count). The zero-order chi connectivity index (χ0) is 22.8. The number of aryl methyl sites for hydroxylation is 8. The predicted molar refractivity (Wildman–Crippen MR) is 140 cm³/mol. The lowest BCUT2D eigenvalue weighted by Crippen LogP contribution is -1.96. The van der Waals surface area contributed by atoms with Crippen molar-refractivity contribution in [1.82, 2.24) is 0 Å². The van der Waals surface area contributed by atoms with E-state index in [1.165, 1.54) is 66.8 Å². The SMILES string of the molecule is Cc1ccc(-c2ccc(CCc3ccc(-c4ccc(C)c(C)c4)cc3C)cc2C)c(C)c1. The van der Waals surface area contributed by atoms with E-state index in [0.717, 1.165) is 12.8 Å². The van der Waals surface area contributed by atoms with Gasteiger partial charge < -0.3 is 0 Å². The van der Waals surface area contributed by atoms with Crippen molar-refractivity contribution in [1.29, 1.82) is 0 Å². The smallest absolute Gasteiger partial charge is 0.0152 e. The topological polar surface area (TPSA) is 0 Å². The Morgan fingerprint density at radius 2 is 1.06 bits per heavy atom. The van der Waals surface area contributed by atoms with E-state index in [4.69, 9.17) is 0 Å². The van der Waals surface area contributed by atoms with E-state index in [0.29, 0.717) is 0 Å². The van der Waals surface area contributed by atoms with Crippen LogP contribution in [0, 0.1) is 41.5 Å². The lowest BCUT2D eigenvalue weighted by molar-refractivity contribution is 0.948. The molecule has 0 nitrogen and oxygen atoms in total. The van der Waals surface area contributed by atoms with Crippen LogP contribution in [0.15, 0.2) is 72.8 Å². The summed E-state index contributed by atoms with van der Waals surface area (Å²) in [6, 6.07) is 27.4. The summed E-state index contributed by atoms with van der Waals surface area (Å²) in [6.45, 7) is 13.2. The average Bonchev–Trinajstić information content (AvgIpc) is 2.75. The van der Waals surface area contributed by atoms with Crippen LogP contribution in [-0.4, -0.2) is 0 Å². The molecule has 0 heterocycles. The van der Waals surface area contributed by atoms with Gasteiger partial charge in [0.25, 0.3) is 0 Å². The molecule has 32 heavy (non-hydrogen) atoms. The molecule has 0 amide bonds. The third-order valence-corrected chi connectivity index (χ3v) is 6.83. The Labute approximate surface area is 194 Å². The lowest BCUT2D eigenvalue weighted by atomic mass is 9.92. The third-order valence-electron chi connectivity index (χ3n) is 6.83. The van der Waals surface area contributed by atoms with Gasteiger partial charge in [0.1, 0.15) is 0 Å². The zero-order valence-corrected chi connectivity index (χ0v) is 20.3. The highest BCUT2D eigenvalue weighted by molar-refractivity contribution is 5.71. The van der Waals surface area contributed by atoms with E-state index in [1.807, 2.05) is 0 Å². The molecule has 0 heteroatoms. The molecule has 0 aliphatic carbocycles. The highest BCUT2D eigenvalue weighted by atomic mass is 14.1. The molecule has 0 atom stereocenters. The van der Waals surface area contributed by atoms with Crippen LogP contribution in [0.5, 0.6) is 0 Å². The molecule has 0 radical (unpaired) electrons. The molecule has 0 saturated heterocycles. The minimum Gasteiger partial charge on any atom is -0.0587 e. The van der Waals surface area contributed by atoms with Crippen LogP contribution in [0.2, 0.25) is 0 Å². The first-order valence-electron chi connectivity index (χ1n) is 11.7. The van der Waals surface area contributed by atoms with E-state index < -0.39 is 0 Å². The summed E-state index contributed by atoms with van der Waals surface area (Å²) in [5, 5.41) is 0. The van der Waals surface area contributed by atoms with Crippen LogP contribution < -0.4 is 0 Å². The van der Waals surface area contributed by atoms with Crippen molar-refractivity contribution in [2.24, 2.45) is 0 Å². The molecule has 162 valence electrons. The first kappa shape index (κ1) is 22.1. The van der Waals surface area contributed by atoms with Crippen LogP contribution >= 0.6 is 0 Å². The maximum Gasteiger partial charge on any atom is -0.0152 e. The lowest BCUT2D eigenvalue weighted by Gasteiger charge is -2.13. The van der Waals surface area contributed by atoms with E-state index in [9.17, 15) is 0 Å². The third kappa shape index (κ3) is 4.70. The van der Waals surface area contributed by atoms with Gasteiger partial charge in [-0.2, -0.15) is 0 Å². The molecule has 0 N–H and O–H groups in total. The fourth-order valence-electron chi connectivity index (χ4n) is 4.66. The van der Waals surface area contributed by atoms with Gasteiger partial charge in [-0.15, -0.1) is 0 Å². The zero-order valence-electron chi connectivity index (χ0n) is 20.3. The van der Waals surface area contributed by atoms with E-state index in [1.54, 1.807) is 0 Å². The Morgan fingerprint density at radius 3 is 1.69 bits per heavy atom. The van der Waals surface area contributed by atoms with Gasteiger partial charge in [-0.25, -0.2) is 0 Å². The number of hydrogen-bond donors (Lipinski definition) is 0. The Balaban J connectivity index is 1.50. The Kier molecular flexibility index (Phi) is 6.33. The van der Waals surface area contributed by atoms with Crippen LogP contribution in [0.4, 0.5) is 0 Å². The van der Waals surface area contributed by atoms with Crippen LogP contribution in [-0.2, 0) is 12.8 Å². The van der Waals surface area contributed by atoms with Crippen LogP contribution in [0.3, 0.4) is 0 Å². The minimum absolute atomic E-state index is 1.07. The van der Waals surface area contributed by atoms with Gasteiger partial charge in [-0.1, -0.05) is 78.4 Å². The summed E-state index contributed by atoms with van der Waals surface area (Å²) in [5.74, 6) is 0. The molecule has 0 bridgehead atoms. The minimum atomic E-state index is 1.07. The Morgan fingerprint density at radius 1 is 0.438 bits per heavy atom. The molecule has 4 aromatic carbocycles. The van der Waals surface area contributed by atoms with Gasteiger partial charge >= 0.3 is 0 Å². The standard InChI is InChI=1S/C32H34/c1-21-7-15-31(25(5)17-21)32-16-10-27(18-26(32)6)9-12-28-13-14-30(20-24(28)4)29-11-8-22(2)23(3)19-29/h7-8,10-11,13-20H,9,12H2,1-6H3. The molecule has 0 spiro atoms. The van der Waals surface area contributed by atoms with Crippen molar-refractivity contribution >= 4 is 0 Å². The largest absolute Gasteiger partial charge is 0.0587 e. The first-order valence-corrected chi connectivity index (χ1v) is 11.7. The molecular weight excluding hydrogens is 384 g/mol. The average molecular weight is 419 g/mol.